The quantitative estimate of drug-likeness (QED) is 0.805. The number of allylic oxidation sites excluding steroid dienone is 1. The van der Waals surface area contributed by atoms with E-state index in [0.29, 0.717) is 5.69 Å². The van der Waals surface area contributed by atoms with E-state index in [4.69, 9.17) is 5.26 Å². The number of nitriles is 1. The zero-order valence-electron chi connectivity index (χ0n) is 11.6. The third-order valence-corrected chi connectivity index (χ3v) is 2.41. The number of para-hydroxylation sites is 1. The molecule has 2 amide bonds. The molecule has 1 aromatic rings. The van der Waals surface area contributed by atoms with Gasteiger partial charge in [-0.1, -0.05) is 23.8 Å². The van der Waals surface area contributed by atoms with E-state index in [9.17, 15) is 9.59 Å². The Labute approximate surface area is 118 Å². The predicted molar refractivity (Wildman–Crippen MR) is 76.6 cm³/mol. The Balaban J connectivity index is 2.73. The monoisotopic (exact) mass is 271 g/mol. The van der Waals surface area contributed by atoms with E-state index in [1.54, 1.807) is 18.2 Å². The van der Waals surface area contributed by atoms with Gasteiger partial charge in [-0.2, -0.15) is 5.26 Å². The first-order chi connectivity index (χ1) is 9.52. The summed E-state index contributed by atoms with van der Waals surface area (Å²) in [5, 5.41) is 13.8. The number of amides is 2. The molecule has 0 fully saturated rings. The largest absolute Gasteiger partial charge is 0.351 e. The Morgan fingerprint density at radius 2 is 2.00 bits per heavy atom. The zero-order valence-corrected chi connectivity index (χ0v) is 11.6. The highest BCUT2D eigenvalue weighted by Gasteiger charge is 2.06. The molecule has 0 unspecified atom stereocenters. The van der Waals surface area contributed by atoms with Gasteiger partial charge in [0.2, 0.25) is 11.8 Å². The van der Waals surface area contributed by atoms with Crippen molar-refractivity contribution in [1.29, 1.82) is 5.26 Å². The molecule has 0 saturated heterocycles. The predicted octanol–water partition coefficient (Wildman–Crippen LogP) is 2.12. The van der Waals surface area contributed by atoms with Gasteiger partial charge in [-0.05, 0) is 25.5 Å². The number of benzene rings is 1. The summed E-state index contributed by atoms with van der Waals surface area (Å²) < 4.78 is 0. The van der Waals surface area contributed by atoms with Crippen LogP contribution in [0.5, 0.6) is 0 Å². The molecule has 104 valence electrons. The van der Waals surface area contributed by atoms with E-state index in [-0.39, 0.29) is 24.8 Å². The van der Waals surface area contributed by atoms with Gasteiger partial charge in [0.1, 0.15) is 6.42 Å². The van der Waals surface area contributed by atoms with Crippen molar-refractivity contribution in [2.75, 3.05) is 5.32 Å². The maximum Gasteiger partial charge on any atom is 0.248 e. The second-order valence-electron chi connectivity index (χ2n) is 4.48. The van der Waals surface area contributed by atoms with Crippen LogP contribution in [0.2, 0.25) is 0 Å². The number of carbonyl (C=O) groups excluding carboxylic acids is 2. The number of rotatable bonds is 5. The molecule has 0 atom stereocenters. The maximum atomic E-state index is 11.7. The van der Waals surface area contributed by atoms with Crippen molar-refractivity contribution < 1.29 is 9.59 Å². The topological polar surface area (TPSA) is 82.0 Å². The average molecular weight is 271 g/mol. The molecular weight excluding hydrogens is 254 g/mol. The summed E-state index contributed by atoms with van der Waals surface area (Å²) in [6.45, 7) is 3.95. The van der Waals surface area contributed by atoms with Crippen molar-refractivity contribution in [3.05, 3.63) is 41.5 Å². The zero-order chi connectivity index (χ0) is 15.0. The molecule has 0 bridgehead atoms. The molecule has 5 heteroatoms. The van der Waals surface area contributed by atoms with Gasteiger partial charge in [-0.25, -0.2) is 0 Å². The number of anilines is 1. The van der Waals surface area contributed by atoms with E-state index < -0.39 is 0 Å². The molecule has 0 aliphatic rings. The fourth-order valence-electron chi connectivity index (χ4n) is 1.56. The van der Waals surface area contributed by atoms with E-state index in [0.717, 1.165) is 11.1 Å². The van der Waals surface area contributed by atoms with Crippen molar-refractivity contribution in [2.24, 2.45) is 0 Å². The van der Waals surface area contributed by atoms with Crippen LogP contribution in [0.3, 0.4) is 0 Å². The molecule has 0 aliphatic heterocycles. The lowest BCUT2D eigenvalue weighted by molar-refractivity contribution is -0.120. The van der Waals surface area contributed by atoms with Crippen LogP contribution in [0.25, 0.3) is 0 Å². The highest BCUT2D eigenvalue weighted by Crippen LogP contribution is 2.15. The van der Waals surface area contributed by atoms with Crippen LogP contribution in [0.15, 0.2) is 35.9 Å². The number of hydrogen-bond acceptors (Lipinski definition) is 3. The van der Waals surface area contributed by atoms with Crippen molar-refractivity contribution in [3.8, 4) is 6.07 Å². The third-order valence-electron chi connectivity index (χ3n) is 2.41. The van der Waals surface area contributed by atoms with Gasteiger partial charge >= 0.3 is 0 Å². The van der Waals surface area contributed by atoms with Crippen molar-refractivity contribution >= 4 is 17.5 Å². The summed E-state index contributed by atoms with van der Waals surface area (Å²) in [5.41, 5.74) is 2.34. The minimum atomic E-state index is -0.335. The van der Waals surface area contributed by atoms with Gasteiger partial charge in [-0.3, -0.25) is 9.59 Å². The van der Waals surface area contributed by atoms with Gasteiger partial charge in [0.05, 0.1) is 6.07 Å². The third kappa shape index (κ3) is 5.36. The summed E-state index contributed by atoms with van der Waals surface area (Å²) in [5.74, 6) is -0.543. The molecule has 0 aromatic heterocycles. The maximum absolute atomic E-state index is 11.7. The van der Waals surface area contributed by atoms with Gasteiger partial charge in [-0.15, -0.1) is 0 Å². The van der Waals surface area contributed by atoms with Crippen LogP contribution < -0.4 is 10.6 Å². The standard InChI is InChI=1S/C15H17N3O2/c1-11(2)9-15(20)18-13-6-4-3-5-12(13)10-17-14(19)7-8-16/h3-6,9H,7,10H2,1-2H3,(H,17,19)(H,18,20). The summed E-state index contributed by atoms with van der Waals surface area (Å²) >= 11 is 0. The Morgan fingerprint density at radius 3 is 2.65 bits per heavy atom. The Kier molecular flexibility index (Phi) is 5.98. The second kappa shape index (κ2) is 7.74. The van der Waals surface area contributed by atoms with Crippen molar-refractivity contribution in [3.63, 3.8) is 0 Å². The number of carbonyl (C=O) groups is 2. The smallest absolute Gasteiger partial charge is 0.248 e. The van der Waals surface area contributed by atoms with Crippen LogP contribution in [0, 0.1) is 11.3 Å². The SMILES string of the molecule is CC(C)=CC(=O)Nc1ccccc1CNC(=O)CC#N. The molecule has 0 spiro atoms. The van der Waals surface area contributed by atoms with Crippen molar-refractivity contribution in [2.45, 2.75) is 26.8 Å². The lowest BCUT2D eigenvalue weighted by atomic mass is 10.1. The van der Waals surface area contributed by atoms with Crippen LogP contribution >= 0.6 is 0 Å². The highest BCUT2D eigenvalue weighted by atomic mass is 16.2. The average Bonchev–Trinajstić information content (AvgIpc) is 2.37. The van der Waals surface area contributed by atoms with Gasteiger partial charge in [0, 0.05) is 18.3 Å². The van der Waals surface area contributed by atoms with Crippen LogP contribution in [-0.2, 0) is 16.1 Å². The molecule has 0 radical (unpaired) electrons. The summed E-state index contributed by atoms with van der Waals surface area (Å²) in [6, 6.07) is 8.99. The molecule has 0 heterocycles. The van der Waals surface area contributed by atoms with Gasteiger partial charge < -0.3 is 10.6 Å². The summed E-state index contributed by atoms with van der Waals surface area (Å²) in [6.07, 6.45) is 1.33. The first-order valence-corrected chi connectivity index (χ1v) is 6.20. The fraction of sp³-hybridized carbons (Fsp3) is 0.267. The molecule has 20 heavy (non-hydrogen) atoms. The van der Waals surface area contributed by atoms with E-state index in [1.807, 2.05) is 26.0 Å². The van der Waals surface area contributed by atoms with Crippen molar-refractivity contribution in [1.82, 2.24) is 5.32 Å². The summed E-state index contributed by atoms with van der Waals surface area (Å²) in [7, 11) is 0. The van der Waals surface area contributed by atoms with Crippen LogP contribution in [0.4, 0.5) is 5.69 Å². The molecule has 1 aromatic carbocycles. The first kappa shape index (κ1) is 15.4. The minimum Gasteiger partial charge on any atom is -0.351 e. The molecule has 5 nitrogen and oxygen atoms in total. The summed E-state index contributed by atoms with van der Waals surface area (Å²) in [4.78, 5) is 23.0. The number of nitrogens with one attached hydrogen (secondary N) is 2. The normalized spacial score (nSPS) is 9.25. The molecule has 2 N–H and O–H groups in total. The van der Waals surface area contributed by atoms with Crippen LogP contribution in [0.1, 0.15) is 25.8 Å². The molecule has 0 aliphatic carbocycles. The molecule has 1 rings (SSSR count). The molecule has 0 saturated carbocycles. The lowest BCUT2D eigenvalue weighted by Crippen LogP contribution is -2.23. The fourth-order valence-corrected chi connectivity index (χ4v) is 1.56. The lowest BCUT2D eigenvalue weighted by Gasteiger charge is -2.10. The van der Waals surface area contributed by atoms with Gasteiger partial charge in [0.15, 0.2) is 0 Å². The van der Waals surface area contributed by atoms with E-state index in [2.05, 4.69) is 10.6 Å². The number of nitrogens with zero attached hydrogens (tertiary/aromatic N) is 1. The number of hydrogen-bond donors (Lipinski definition) is 2. The minimum absolute atomic E-state index is 0.174. The second-order valence-corrected chi connectivity index (χ2v) is 4.48. The molecular formula is C15H17N3O2. The van der Waals surface area contributed by atoms with Gasteiger partial charge in [0.25, 0.3) is 0 Å². The first-order valence-electron chi connectivity index (χ1n) is 6.20. The van der Waals surface area contributed by atoms with E-state index >= 15 is 0 Å². The Bertz CT molecular complexity index is 567. The Morgan fingerprint density at radius 1 is 1.30 bits per heavy atom. The highest BCUT2D eigenvalue weighted by molar-refractivity contribution is 6.00. The van der Waals surface area contributed by atoms with Crippen LogP contribution in [-0.4, -0.2) is 11.8 Å². The Hall–Kier alpha value is -2.61. The van der Waals surface area contributed by atoms with E-state index in [1.165, 1.54) is 6.08 Å².